The highest BCUT2D eigenvalue weighted by molar-refractivity contribution is 5.83. The number of benzene rings is 2. The van der Waals surface area contributed by atoms with Gasteiger partial charge in [0.2, 0.25) is 0 Å². The van der Waals surface area contributed by atoms with E-state index >= 15 is 0 Å². The van der Waals surface area contributed by atoms with Crippen molar-refractivity contribution >= 4 is 10.8 Å². The molecule has 2 aromatic carbocycles. The Labute approximate surface area is 96.3 Å². The zero-order valence-electron chi connectivity index (χ0n) is 9.39. The van der Waals surface area contributed by atoms with E-state index in [1.807, 2.05) is 0 Å². The lowest BCUT2D eigenvalue weighted by atomic mass is 9.77. The molecule has 0 aliphatic heterocycles. The second kappa shape index (κ2) is 3.91. The van der Waals surface area contributed by atoms with E-state index in [0.29, 0.717) is 5.92 Å². The molecule has 2 aromatic rings. The minimum Gasteiger partial charge on any atom is -0.324 e. The van der Waals surface area contributed by atoms with Crippen molar-refractivity contribution in [2.24, 2.45) is 11.7 Å². The summed E-state index contributed by atoms with van der Waals surface area (Å²) in [7, 11) is 0. The molecule has 0 aromatic heterocycles. The molecule has 0 spiro atoms. The van der Waals surface area contributed by atoms with Crippen molar-refractivity contribution in [1.82, 2.24) is 0 Å². The van der Waals surface area contributed by atoms with Crippen LogP contribution in [0.2, 0.25) is 0 Å². The molecule has 0 bridgehead atoms. The Morgan fingerprint density at radius 1 is 1.00 bits per heavy atom. The van der Waals surface area contributed by atoms with Crippen molar-refractivity contribution in [1.29, 1.82) is 0 Å². The minimum atomic E-state index is 0.235. The summed E-state index contributed by atoms with van der Waals surface area (Å²) < 4.78 is 0. The third-order valence-corrected chi connectivity index (χ3v) is 3.82. The van der Waals surface area contributed by atoms with Gasteiger partial charge in [-0.15, -0.1) is 0 Å². The SMILES string of the molecule is N[C@H](c1ccc2ccccc2c1)C1CCC1. The Balaban J connectivity index is 1.97. The Bertz CT molecular complexity index is 500. The summed E-state index contributed by atoms with van der Waals surface area (Å²) in [5.74, 6) is 0.709. The first-order valence-corrected chi connectivity index (χ1v) is 6.09. The smallest absolute Gasteiger partial charge is 0.0323 e. The highest BCUT2D eigenvalue weighted by Crippen LogP contribution is 2.36. The second-order valence-electron chi connectivity index (χ2n) is 4.82. The maximum Gasteiger partial charge on any atom is 0.0323 e. The van der Waals surface area contributed by atoms with Crippen LogP contribution in [0.5, 0.6) is 0 Å². The van der Waals surface area contributed by atoms with Crippen molar-refractivity contribution in [3.63, 3.8) is 0 Å². The molecule has 0 radical (unpaired) electrons. The monoisotopic (exact) mass is 211 g/mol. The van der Waals surface area contributed by atoms with Gasteiger partial charge in [0.15, 0.2) is 0 Å². The van der Waals surface area contributed by atoms with Crippen LogP contribution in [0.1, 0.15) is 30.9 Å². The van der Waals surface area contributed by atoms with E-state index < -0.39 is 0 Å². The molecule has 82 valence electrons. The summed E-state index contributed by atoms with van der Waals surface area (Å²) in [6, 6.07) is 15.3. The van der Waals surface area contributed by atoms with Gasteiger partial charge in [-0.2, -0.15) is 0 Å². The molecule has 3 rings (SSSR count). The molecule has 0 saturated heterocycles. The molecule has 1 aliphatic carbocycles. The molecule has 1 atom stereocenters. The predicted molar refractivity (Wildman–Crippen MR) is 68.2 cm³/mol. The Kier molecular flexibility index (Phi) is 2.41. The first kappa shape index (κ1) is 9.86. The molecule has 1 saturated carbocycles. The Morgan fingerprint density at radius 3 is 2.44 bits per heavy atom. The summed E-state index contributed by atoms with van der Waals surface area (Å²) in [6.45, 7) is 0. The van der Waals surface area contributed by atoms with E-state index in [4.69, 9.17) is 5.73 Å². The number of nitrogens with two attached hydrogens (primary N) is 1. The fraction of sp³-hybridized carbons (Fsp3) is 0.333. The van der Waals surface area contributed by atoms with Crippen molar-refractivity contribution in [3.05, 3.63) is 48.0 Å². The van der Waals surface area contributed by atoms with Crippen molar-refractivity contribution in [3.8, 4) is 0 Å². The Hall–Kier alpha value is -1.34. The lowest BCUT2D eigenvalue weighted by Gasteiger charge is -2.31. The van der Waals surface area contributed by atoms with Gasteiger partial charge in [0.25, 0.3) is 0 Å². The topological polar surface area (TPSA) is 26.0 Å². The molecule has 1 fully saturated rings. The van der Waals surface area contributed by atoms with Crippen molar-refractivity contribution in [2.45, 2.75) is 25.3 Å². The summed E-state index contributed by atoms with van der Waals surface area (Å²) in [4.78, 5) is 0. The summed E-state index contributed by atoms with van der Waals surface area (Å²) >= 11 is 0. The molecule has 16 heavy (non-hydrogen) atoms. The third kappa shape index (κ3) is 1.61. The van der Waals surface area contributed by atoms with E-state index in [0.717, 1.165) is 0 Å². The van der Waals surface area contributed by atoms with Crippen LogP contribution in [-0.4, -0.2) is 0 Å². The second-order valence-corrected chi connectivity index (χ2v) is 4.82. The molecular weight excluding hydrogens is 194 g/mol. The molecule has 1 heteroatoms. The van der Waals surface area contributed by atoms with E-state index in [1.54, 1.807) is 0 Å². The fourth-order valence-corrected chi connectivity index (χ4v) is 2.49. The molecule has 1 aliphatic rings. The molecule has 0 heterocycles. The van der Waals surface area contributed by atoms with Gasteiger partial charge in [-0.1, -0.05) is 42.8 Å². The van der Waals surface area contributed by atoms with Gasteiger partial charge < -0.3 is 5.73 Å². The third-order valence-electron chi connectivity index (χ3n) is 3.82. The van der Waals surface area contributed by atoms with Crippen LogP contribution >= 0.6 is 0 Å². The largest absolute Gasteiger partial charge is 0.324 e. The van der Waals surface area contributed by atoms with E-state index in [-0.39, 0.29) is 6.04 Å². The van der Waals surface area contributed by atoms with Gasteiger partial charge in [0, 0.05) is 6.04 Å². The first-order chi connectivity index (χ1) is 7.84. The summed E-state index contributed by atoms with van der Waals surface area (Å²) in [5, 5.41) is 2.60. The highest BCUT2D eigenvalue weighted by atomic mass is 14.7. The van der Waals surface area contributed by atoms with Crippen molar-refractivity contribution < 1.29 is 0 Å². The number of hydrogen-bond acceptors (Lipinski definition) is 1. The molecule has 0 amide bonds. The molecule has 0 unspecified atom stereocenters. The average molecular weight is 211 g/mol. The normalized spacial score (nSPS) is 18.3. The highest BCUT2D eigenvalue weighted by Gasteiger charge is 2.25. The van der Waals surface area contributed by atoms with Crippen LogP contribution in [-0.2, 0) is 0 Å². The van der Waals surface area contributed by atoms with Gasteiger partial charge in [-0.25, -0.2) is 0 Å². The van der Waals surface area contributed by atoms with E-state index in [1.165, 1.54) is 35.6 Å². The number of fused-ring (bicyclic) bond motifs is 1. The summed E-state index contributed by atoms with van der Waals surface area (Å²) in [5.41, 5.74) is 7.59. The maximum atomic E-state index is 6.29. The van der Waals surface area contributed by atoms with Gasteiger partial charge in [-0.3, -0.25) is 0 Å². The lowest BCUT2D eigenvalue weighted by Crippen LogP contribution is -2.26. The zero-order valence-corrected chi connectivity index (χ0v) is 9.39. The lowest BCUT2D eigenvalue weighted by molar-refractivity contribution is 0.264. The van der Waals surface area contributed by atoms with Crippen LogP contribution in [0.4, 0.5) is 0 Å². The van der Waals surface area contributed by atoms with Crippen LogP contribution in [0, 0.1) is 5.92 Å². The van der Waals surface area contributed by atoms with Gasteiger partial charge in [0.05, 0.1) is 0 Å². The van der Waals surface area contributed by atoms with Gasteiger partial charge in [0.1, 0.15) is 0 Å². The summed E-state index contributed by atoms with van der Waals surface area (Å²) in [6.07, 6.45) is 3.95. The number of hydrogen-bond donors (Lipinski definition) is 1. The molecule has 1 nitrogen and oxygen atoms in total. The standard InChI is InChI=1S/C15H17N/c16-15(12-6-3-7-12)14-9-8-11-4-1-2-5-13(11)10-14/h1-2,4-5,8-10,12,15H,3,6-7,16H2/t15-/m0/s1. The van der Waals surface area contributed by atoms with Gasteiger partial charge >= 0.3 is 0 Å². The van der Waals surface area contributed by atoms with Crippen molar-refractivity contribution in [2.75, 3.05) is 0 Å². The number of rotatable bonds is 2. The van der Waals surface area contributed by atoms with E-state index in [9.17, 15) is 0 Å². The molecular formula is C15H17N. The maximum absolute atomic E-state index is 6.29. The van der Waals surface area contributed by atoms with Crippen LogP contribution < -0.4 is 5.73 Å². The van der Waals surface area contributed by atoms with Gasteiger partial charge in [-0.05, 0) is 41.2 Å². The average Bonchev–Trinajstić information content (AvgIpc) is 2.26. The van der Waals surface area contributed by atoms with E-state index in [2.05, 4.69) is 42.5 Å². The minimum absolute atomic E-state index is 0.235. The molecule has 2 N–H and O–H groups in total. The van der Waals surface area contributed by atoms with Crippen LogP contribution in [0.25, 0.3) is 10.8 Å². The van der Waals surface area contributed by atoms with Crippen LogP contribution in [0.3, 0.4) is 0 Å². The fourth-order valence-electron chi connectivity index (χ4n) is 2.49. The first-order valence-electron chi connectivity index (χ1n) is 6.09. The Morgan fingerprint density at radius 2 is 1.75 bits per heavy atom. The zero-order chi connectivity index (χ0) is 11.0. The van der Waals surface area contributed by atoms with Crippen LogP contribution in [0.15, 0.2) is 42.5 Å². The predicted octanol–water partition coefficient (Wildman–Crippen LogP) is 3.64. The quantitative estimate of drug-likeness (QED) is 0.806.